The van der Waals surface area contributed by atoms with Crippen LogP contribution in [0.2, 0.25) is 0 Å². The number of esters is 1. The molecule has 0 bridgehead atoms. The molecule has 0 heterocycles. The van der Waals surface area contributed by atoms with E-state index >= 15 is 0 Å². The van der Waals surface area contributed by atoms with Crippen molar-refractivity contribution in [1.29, 1.82) is 5.26 Å². The van der Waals surface area contributed by atoms with Gasteiger partial charge in [-0.1, -0.05) is 18.2 Å². The number of nitrogens with one attached hydrogen (secondary N) is 2. The lowest BCUT2D eigenvalue weighted by Gasteiger charge is -2.34. The molecule has 12 heteroatoms. The lowest BCUT2D eigenvalue weighted by Crippen LogP contribution is -2.53. The Morgan fingerprint density at radius 1 is 1.10 bits per heavy atom. The molecule has 0 saturated heterocycles. The second-order valence-corrected chi connectivity index (χ2v) is 9.88. The minimum absolute atomic E-state index is 0.0606. The van der Waals surface area contributed by atoms with Gasteiger partial charge in [0.1, 0.15) is 24.2 Å². The van der Waals surface area contributed by atoms with Gasteiger partial charge in [0.15, 0.2) is 0 Å². The Balaban J connectivity index is 3.48. The van der Waals surface area contributed by atoms with E-state index in [1.807, 2.05) is 6.07 Å². The molecule has 1 rings (SSSR count). The molecule has 0 aliphatic heterocycles. The van der Waals surface area contributed by atoms with E-state index in [2.05, 4.69) is 10.6 Å². The number of carbonyl (C=O) groups excluding carboxylic acids is 5. The van der Waals surface area contributed by atoms with Crippen molar-refractivity contribution in [3.8, 4) is 6.07 Å². The fraction of sp³-hybridized carbons (Fsp3) is 0.556. The normalized spacial score (nSPS) is 12.3. The maximum atomic E-state index is 13.9. The van der Waals surface area contributed by atoms with Crippen LogP contribution >= 0.6 is 0 Å². The van der Waals surface area contributed by atoms with Crippen LogP contribution < -0.4 is 16.4 Å². The van der Waals surface area contributed by atoms with Crippen molar-refractivity contribution in [2.45, 2.75) is 78.5 Å². The van der Waals surface area contributed by atoms with E-state index < -0.39 is 54.0 Å². The fourth-order valence-electron chi connectivity index (χ4n) is 3.87. The number of nitriles is 1. The fourth-order valence-corrected chi connectivity index (χ4v) is 3.87. The van der Waals surface area contributed by atoms with E-state index in [0.29, 0.717) is 16.7 Å². The molecular weight excluding hydrogens is 506 g/mol. The third-order valence-corrected chi connectivity index (χ3v) is 5.50. The Bertz CT molecular complexity index is 1070. The Morgan fingerprint density at radius 2 is 1.72 bits per heavy atom. The summed E-state index contributed by atoms with van der Waals surface area (Å²) in [6.45, 7) is 9.75. The molecule has 4 amide bonds. The number of alkyl carbamates (subject to hydrolysis) is 1. The standard InChI is InChI=1S/C27H39N5O7/c1-7-38-21(34)13-15-30-24(35)23(22-17(2)9-8-10-18(22)3)32(16-14-28)25(36)19(11-12-20(29)33)31-26(37)39-27(4,5)6/h8-10,19,23H,7,11-13,15-16H2,1-6H3,(H2,29,33)(H,30,35)(H,31,37). The predicted molar refractivity (Wildman–Crippen MR) is 142 cm³/mol. The highest BCUT2D eigenvalue weighted by Crippen LogP contribution is 2.29. The van der Waals surface area contributed by atoms with Crippen LogP contribution in [-0.4, -0.2) is 66.0 Å². The number of ether oxygens (including phenoxy) is 2. The molecule has 2 unspecified atom stereocenters. The number of aryl methyl sites for hydroxylation is 2. The van der Waals surface area contributed by atoms with E-state index in [1.165, 1.54) is 0 Å². The van der Waals surface area contributed by atoms with Gasteiger partial charge in [-0.25, -0.2) is 4.79 Å². The summed E-state index contributed by atoms with van der Waals surface area (Å²) in [5.74, 6) is -2.61. The van der Waals surface area contributed by atoms with Gasteiger partial charge in [-0.05, 0) is 64.7 Å². The Morgan fingerprint density at radius 3 is 2.23 bits per heavy atom. The first-order valence-electron chi connectivity index (χ1n) is 12.7. The SMILES string of the molecule is CCOC(=O)CCNC(=O)C(c1c(C)cccc1C)N(CC#N)C(=O)C(CCC(N)=O)NC(=O)OC(C)(C)C. The van der Waals surface area contributed by atoms with E-state index in [1.54, 1.807) is 59.7 Å². The smallest absolute Gasteiger partial charge is 0.408 e. The summed E-state index contributed by atoms with van der Waals surface area (Å²) in [6.07, 6.45) is -1.43. The number of amides is 4. The summed E-state index contributed by atoms with van der Waals surface area (Å²) in [7, 11) is 0. The van der Waals surface area contributed by atoms with Crippen LogP contribution in [0.25, 0.3) is 0 Å². The number of primary amides is 1. The van der Waals surface area contributed by atoms with Crippen molar-refractivity contribution in [3.63, 3.8) is 0 Å². The zero-order valence-electron chi connectivity index (χ0n) is 23.5. The van der Waals surface area contributed by atoms with Crippen LogP contribution in [0.3, 0.4) is 0 Å². The summed E-state index contributed by atoms with van der Waals surface area (Å²) in [5, 5.41) is 14.7. The van der Waals surface area contributed by atoms with Crippen molar-refractivity contribution < 1.29 is 33.4 Å². The second-order valence-electron chi connectivity index (χ2n) is 9.88. The maximum Gasteiger partial charge on any atom is 0.408 e. The zero-order chi connectivity index (χ0) is 29.8. The Labute approximate surface area is 229 Å². The van der Waals surface area contributed by atoms with E-state index in [-0.39, 0.29) is 32.4 Å². The zero-order valence-corrected chi connectivity index (χ0v) is 23.5. The van der Waals surface area contributed by atoms with Crippen LogP contribution in [0.1, 0.15) is 69.7 Å². The molecule has 0 aromatic heterocycles. The molecule has 1 aromatic rings. The summed E-state index contributed by atoms with van der Waals surface area (Å²) in [6, 6.07) is 4.63. The first-order chi connectivity index (χ1) is 18.2. The summed E-state index contributed by atoms with van der Waals surface area (Å²) >= 11 is 0. The molecule has 12 nitrogen and oxygen atoms in total. The van der Waals surface area contributed by atoms with E-state index in [0.717, 1.165) is 4.90 Å². The molecule has 4 N–H and O–H groups in total. The molecule has 2 atom stereocenters. The molecule has 39 heavy (non-hydrogen) atoms. The summed E-state index contributed by atoms with van der Waals surface area (Å²) in [4.78, 5) is 64.3. The maximum absolute atomic E-state index is 13.9. The highest BCUT2D eigenvalue weighted by Gasteiger charge is 2.37. The highest BCUT2D eigenvalue weighted by molar-refractivity contribution is 5.93. The summed E-state index contributed by atoms with van der Waals surface area (Å²) < 4.78 is 10.2. The van der Waals surface area contributed by atoms with Crippen LogP contribution in [0.4, 0.5) is 4.79 Å². The number of nitrogens with zero attached hydrogens (tertiary/aromatic N) is 2. The van der Waals surface area contributed by atoms with Crippen LogP contribution in [-0.2, 0) is 28.7 Å². The Kier molecular flexibility index (Phi) is 12.9. The molecule has 0 fully saturated rings. The monoisotopic (exact) mass is 545 g/mol. The van der Waals surface area contributed by atoms with Gasteiger partial charge in [0.2, 0.25) is 17.7 Å². The van der Waals surface area contributed by atoms with Gasteiger partial charge in [-0.2, -0.15) is 5.26 Å². The van der Waals surface area contributed by atoms with Gasteiger partial charge in [-0.15, -0.1) is 0 Å². The molecule has 0 saturated carbocycles. The Hall–Kier alpha value is -4.14. The van der Waals surface area contributed by atoms with Crippen LogP contribution in [0.15, 0.2) is 18.2 Å². The number of rotatable bonds is 13. The van der Waals surface area contributed by atoms with Crippen LogP contribution in [0.5, 0.6) is 0 Å². The average molecular weight is 546 g/mol. The van der Waals surface area contributed by atoms with Gasteiger partial charge in [0, 0.05) is 13.0 Å². The number of benzene rings is 1. The van der Waals surface area contributed by atoms with Gasteiger partial charge in [-0.3, -0.25) is 19.2 Å². The molecule has 1 aromatic carbocycles. The number of carbonyl (C=O) groups is 5. The van der Waals surface area contributed by atoms with Crippen molar-refractivity contribution in [1.82, 2.24) is 15.5 Å². The lowest BCUT2D eigenvalue weighted by atomic mass is 9.93. The molecule has 0 spiro atoms. The lowest BCUT2D eigenvalue weighted by molar-refractivity contribution is -0.144. The number of hydrogen-bond acceptors (Lipinski definition) is 8. The van der Waals surface area contributed by atoms with E-state index in [9.17, 15) is 29.2 Å². The topological polar surface area (TPSA) is 181 Å². The quantitative estimate of drug-likeness (QED) is 0.248. The minimum Gasteiger partial charge on any atom is -0.466 e. The second kappa shape index (κ2) is 15.3. The molecular formula is C27H39N5O7. The predicted octanol–water partition coefficient (Wildman–Crippen LogP) is 1.92. The first kappa shape index (κ1) is 32.9. The first-order valence-corrected chi connectivity index (χ1v) is 12.7. The highest BCUT2D eigenvalue weighted by atomic mass is 16.6. The largest absolute Gasteiger partial charge is 0.466 e. The minimum atomic E-state index is -1.32. The van der Waals surface area contributed by atoms with Gasteiger partial charge in [0.05, 0.1) is 19.1 Å². The van der Waals surface area contributed by atoms with Crippen LogP contribution in [0, 0.1) is 25.2 Å². The third kappa shape index (κ3) is 11.0. The molecule has 0 aliphatic rings. The average Bonchev–Trinajstić information content (AvgIpc) is 2.81. The molecule has 0 aliphatic carbocycles. The number of nitrogens with two attached hydrogens (primary N) is 1. The van der Waals surface area contributed by atoms with E-state index in [4.69, 9.17) is 15.2 Å². The van der Waals surface area contributed by atoms with Crippen molar-refractivity contribution >= 4 is 29.8 Å². The van der Waals surface area contributed by atoms with Crippen molar-refractivity contribution in [2.75, 3.05) is 19.7 Å². The number of hydrogen-bond donors (Lipinski definition) is 3. The van der Waals surface area contributed by atoms with Crippen molar-refractivity contribution in [2.24, 2.45) is 5.73 Å². The summed E-state index contributed by atoms with van der Waals surface area (Å²) in [5.41, 5.74) is 6.28. The van der Waals surface area contributed by atoms with Gasteiger partial charge < -0.3 is 30.7 Å². The van der Waals surface area contributed by atoms with Gasteiger partial charge in [0.25, 0.3) is 0 Å². The van der Waals surface area contributed by atoms with Crippen molar-refractivity contribution in [3.05, 3.63) is 34.9 Å². The molecule has 214 valence electrons. The third-order valence-electron chi connectivity index (χ3n) is 5.50. The molecule has 0 radical (unpaired) electrons. The van der Waals surface area contributed by atoms with Gasteiger partial charge >= 0.3 is 12.1 Å².